The van der Waals surface area contributed by atoms with E-state index in [2.05, 4.69) is 0 Å². The lowest BCUT2D eigenvalue weighted by molar-refractivity contribution is 0.387. The lowest BCUT2D eigenvalue weighted by atomic mass is 10.2. The largest absolute Gasteiger partial charge is 0.397 e. The highest BCUT2D eigenvalue weighted by Gasteiger charge is 2.22. The van der Waals surface area contributed by atoms with Gasteiger partial charge in [-0.1, -0.05) is 0 Å². The molecule has 0 fully saturated rings. The summed E-state index contributed by atoms with van der Waals surface area (Å²) in [4.78, 5) is 17.6. The van der Waals surface area contributed by atoms with Crippen molar-refractivity contribution in [3.63, 3.8) is 0 Å². The summed E-state index contributed by atoms with van der Waals surface area (Å²) in [5.74, 6) is 0. The van der Waals surface area contributed by atoms with E-state index in [9.17, 15) is 4.57 Å². The minimum absolute atomic E-state index is 0.000764. The Hall–Kier alpha value is -1.23. The predicted octanol–water partition coefficient (Wildman–Crippen LogP) is -0.764. The van der Waals surface area contributed by atoms with Gasteiger partial charge in [0.15, 0.2) is 0 Å². The molecule has 0 aromatic heterocycles. The molecule has 1 aromatic rings. The first-order valence-corrected chi connectivity index (χ1v) is 4.95. The Morgan fingerprint density at radius 1 is 1.08 bits per heavy atom. The minimum Gasteiger partial charge on any atom is -0.397 e. The highest BCUT2D eigenvalue weighted by Crippen LogP contribution is 2.38. The molecule has 0 spiro atoms. The Kier molecular flexibility index (Phi) is 2.21. The molecule has 0 saturated heterocycles. The van der Waals surface area contributed by atoms with Crippen LogP contribution in [-0.4, -0.2) is 9.79 Å². The van der Waals surface area contributed by atoms with E-state index in [1.165, 1.54) is 12.1 Å². The molecule has 0 heterocycles. The van der Waals surface area contributed by atoms with Crippen LogP contribution in [0.4, 0.5) is 17.1 Å². The zero-order valence-electron chi connectivity index (χ0n) is 6.64. The lowest BCUT2D eigenvalue weighted by Gasteiger charge is -2.10. The zero-order valence-corrected chi connectivity index (χ0v) is 7.53. The van der Waals surface area contributed by atoms with E-state index in [0.29, 0.717) is 0 Å². The van der Waals surface area contributed by atoms with Gasteiger partial charge < -0.3 is 27.0 Å². The van der Waals surface area contributed by atoms with Crippen molar-refractivity contribution in [2.45, 2.75) is 0 Å². The summed E-state index contributed by atoms with van der Waals surface area (Å²) in [6.45, 7) is 0. The average molecular weight is 203 g/mol. The molecule has 0 radical (unpaired) electrons. The smallest absolute Gasteiger partial charge is 0.358 e. The molecular formula is C6H10N3O3P. The molecule has 7 heteroatoms. The molecule has 0 amide bonds. The Morgan fingerprint density at radius 3 is 2.08 bits per heavy atom. The Bertz CT molecular complexity index is 387. The van der Waals surface area contributed by atoms with Crippen LogP contribution in [0.2, 0.25) is 0 Å². The van der Waals surface area contributed by atoms with E-state index in [4.69, 9.17) is 27.0 Å². The second kappa shape index (κ2) is 2.92. The van der Waals surface area contributed by atoms with Gasteiger partial charge in [-0.3, -0.25) is 4.57 Å². The van der Waals surface area contributed by atoms with Crippen LogP contribution in [-0.2, 0) is 4.57 Å². The fourth-order valence-corrected chi connectivity index (χ4v) is 1.60. The van der Waals surface area contributed by atoms with E-state index in [0.717, 1.165) is 0 Å². The summed E-state index contributed by atoms with van der Waals surface area (Å²) in [5, 5.41) is -0.292. The first-order valence-electron chi connectivity index (χ1n) is 3.33. The SMILES string of the molecule is Nc1ccc(P(=O)(O)O)c(N)c1N. The molecule has 72 valence electrons. The van der Waals surface area contributed by atoms with Crippen molar-refractivity contribution in [1.29, 1.82) is 0 Å². The molecular weight excluding hydrogens is 193 g/mol. The molecule has 0 atom stereocenters. The maximum atomic E-state index is 10.8. The first kappa shape index (κ1) is 9.85. The summed E-state index contributed by atoms with van der Waals surface area (Å²) in [6, 6.07) is 2.47. The molecule has 0 aliphatic rings. The normalized spacial score (nSPS) is 11.5. The third-order valence-electron chi connectivity index (χ3n) is 1.61. The van der Waals surface area contributed by atoms with Gasteiger partial charge in [-0.05, 0) is 12.1 Å². The van der Waals surface area contributed by atoms with E-state index < -0.39 is 7.60 Å². The van der Waals surface area contributed by atoms with Crippen LogP contribution in [0.3, 0.4) is 0 Å². The van der Waals surface area contributed by atoms with Crippen molar-refractivity contribution < 1.29 is 14.4 Å². The maximum Gasteiger partial charge on any atom is 0.358 e. The van der Waals surface area contributed by atoms with Crippen molar-refractivity contribution >= 4 is 30.0 Å². The molecule has 6 nitrogen and oxygen atoms in total. The van der Waals surface area contributed by atoms with Crippen LogP contribution in [0.15, 0.2) is 12.1 Å². The summed E-state index contributed by atoms with van der Waals surface area (Å²) >= 11 is 0. The minimum atomic E-state index is -4.36. The average Bonchev–Trinajstić information content (AvgIpc) is 1.98. The van der Waals surface area contributed by atoms with Gasteiger partial charge in [0.1, 0.15) is 0 Å². The number of hydrogen-bond donors (Lipinski definition) is 5. The third-order valence-corrected chi connectivity index (χ3v) is 2.63. The van der Waals surface area contributed by atoms with Gasteiger partial charge >= 0.3 is 7.60 Å². The number of benzene rings is 1. The Labute approximate surface area is 74.5 Å². The molecule has 0 aliphatic carbocycles. The monoisotopic (exact) mass is 203 g/mol. The van der Waals surface area contributed by atoms with Crippen molar-refractivity contribution in [1.82, 2.24) is 0 Å². The molecule has 1 rings (SSSR count). The molecule has 8 N–H and O–H groups in total. The van der Waals surface area contributed by atoms with E-state index >= 15 is 0 Å². The fourth-order valence-electron chi connectivity index (χ4n) is 0.896. The van der Waals surface area contributed by atoms with Crippen LogP contribution in [0, 0.1) is 0 Å². The molecule has 0 saturated carbocycles. The molecule has 0 aliphatic heterocycles. The fraction of sp³-hybridized carbons (Fsp3) is 0. The Balaban J connectivity index is 3.44. The molecule has 0 unspecified atom stereocenters. The summed E-state index contributed by atoms with van der Waals surface area (Å²) < 4.78 is 10.8. The second-order valence-electron chi connectivity index (χ2n) is 2.55. The van der Waals surface area contributed by atoms with Crippen LogP contribution in [0.1, 0.15) is 0 Å². The highest BCUT2D eigenvalue weighted by atomic mass is 31.2. The van der Waals surface area contributed by atoms with Gasteiger partial charge in [0, 0.05) is 0 Å². The topological polar surface area (TPSA) is 136 Å². The molecule has 13 heavy (non-hydrogen) atoms. The van der Waals surface area contributed by atoms with E-state index in [1.54, 1.807) is 0 Å². The second-order valence-corrected chi connectivity index (χ2v) is 4.12. The first-order chi connectivity index (χ1) is 5.84. The third kappa shape index (κ3) is 1.75. The maximum absolute atomic E-state index is 10.8. The van der Waals surface area contributed by atoms with Gasteiger partial charge in [-0.2, -0.15) is 0 Å². The summed E-state index contributed by atoms with van der Waals surface area (Å²) in [6.07, 6.45) is 0. The zero-order chi connectivity index (χ0) is 10.2. The van der Waals surface area contributed by atoms with Crippen LogP contribution in [0.25, 0.3) is 0 Å². The van der Waals surface area contributed by atoms with Crippen LogP contribution < -0.4 is 22.5 Å². The number of nitrogen functional groups attached to an aromatic ring is 3. The van der Waals surface area contributed by atoms with Gasteiger partial charge in [-0.25, -0.2) is 0 Å². The van der Waals surface area contributed by atoms with Crippen molar-refractivity contribution in [3.05, 3.63) is 12.1 Å². The molecule has 1 aromatic carbocycles. The van der Waals surface area contributed by atoms with Gasteiger partial charge in [-0.15, -0.1) is 0 Å². The molecule has 0 bridgehead atoms. The predicted molar refractivity (Wildman–Crippen MR) is 51.4 cm³/mol. The van der Waals surface area contributed by atoms with Crippen molar-refractivity contribution in [2.24, 2.45) is 0 Å². The summed E-state index contributed by atoms with van der Waals surface area (Å²) in [5.41, 5.74) is 16.2. The van der Waals surface area contributed by atoms with E-state index in [1.807, 2.05) is 0 Å². The number of rotatable bonds is 1. The van der Waals surface area contributed by atoms with Gasteiger partial charge in [0.2, 0.25) is 0 Å². The van der Waals surface area contributed by atoms with E-state index in [-0.39, 0.29) is 22.4 Å². The highest BCUT2D eigenvalue weighted by molar-refractivity contribution is 7.60. The van der Waals surface area contributed by atoms with Crippen LogP contribution >= 0.6 is 7.60 Å². The van der Waals surface area contributed by atoms with Crippen molar-refractivity contribution in [2.75, 3.05) is 17.2 Å². The number of nitrogens with two attached hydrogens (primary N) is 3. The number of hydrogen-bond acceptors (Lipinski definition) is 4. The quantitative estimate of drug-likeness (QED) is 0.300. The van der Waals surface area contributed by atoms with Crippen molar-refractivity contribution in [3.8, 4) is 0 Å². The standard InChI is InChI=1S/C6H10N3O3P/c7-3-1-2-4(13(10,11)12)6(9)5(3)8/h1-2H,7-9H2,(H2,10,11,12). The lowest BCUT2D eigenvalue weighted by Crippen LogP contribution is -2.14. The number of anilines is 3. The Morgan fingerprint density at radius 2 is 1.62 bits per heavy atom. The van der Waals surface area contributed by atoms with Crippen LogP contribution in [0.5, 0.6) is 0 Å². The van der Waals surface area contributed by atoms with Gasteiger partial charge in [0.25, 0.3) is 0 Å². The summed E-state index contributed by atoms with van der Waals surface area (Å²) in [7, 11) is -4.36. The van der Waals surface area contributed by atoms with Gasteiger partial charge in [0.05, 0.1) is 22.4 Å².